The molecule has 1 aromatic carbocycles. The molecule has 0 bridgehead atoms. The van der Waals surface area contributed by atoms with Gasteiger partial charge in [0.15, 0.2) is 0 Å². The molecular formula is C19H31N3O. The average Bonchev–Trinajstić information content (AvgIpc) is 2.56. The van der Waals surface area contributed by atoms with E-state index in [0.29, 0.717) is 12.1 Å². The molecule has 23 heavy (non-hydrogen) atoms. The van der Waals surface area contributed by atoms with Crippen LogP contribution in [0.2, 0.25) is 0 Å². The number of nitrogens with zero attached hydrogens (tertiary/aromatic N) is 2. The number of hydrogen-bond acceptors (Lipinski definition) is 2. The van der Waals surface area contributed by atoms with Crippen LogP contribution in [0, 0.1) is 6.92 Å². The van der Waals surface area contributed by atoms with Crippen molar-refractivity contribution in [1.29, 1.82) is 0 Å². The smallest absolute Gasteiger partial charge is 0.319 e. The van der Waals surface area contributed by atoms with Gasteiger partial charge in [-0.05, 0) is 38.2 Å². The maximum atomic E-state index is 12.0. The molecule has 1 fully saturated rings. The van der Waals surface area contributed by atoms with E-state index in [9.17, 15) is 4.79 Å². The number of amides is 2. The molecule has 0 spiro atoms. The maximum Gasteiger partial charge on any atom is 0.319 e. The number of likely N-dealkylation sites (tertiary alicyclic amines) is 1. The molecule has 1 heterocycles. The van der Waals surface area contributed by atoms with Gasteiger partial charge in [0.25, 0.3) is 0 Å². The van der Waals surface area contributed by atoms with Gasteiger partial charge in [0.2, 0.25) is 0 Å². The Morgan fingerprint density at radius 1 is 1.26 bits per heavy atom. The Kier molecular flexibility index (Phi) is 6.46. The second-order valence-electron chi connectivity index (χ2n) is 6.90. The molecule has 2 rings (SSSR count). The first-order valence-electron chi connectivity index (χ1n) is 8.77. The van der Waals surface area contributed by atoms with Crippen LogP contribution in [0.15, 0.2) is 24.3 Å². The van der Waals surface area contributed by atoms with Crippen LogP contribution in [0.3, 0.4) is 0 Å². The van der Waals surface area contributed by atoms with Crippen molar-refractivity contribution < 1.29 is 4.79 Å². The first-order chi connectivity index (χ1) is 11.0. The van der Waals surface area contributed by atoms with E-state index in [1.54, 1.807) is 4.90 Å². The van der Waals surface area contributed by atoms with Crippen molar-refractivity contribution >= 4 is 6.03 Å². The zero-order valence-electron chi connectivity index (χ0n) is 15.0. The van der Waals surface area contributed by atoms with Gasteiger partial charge in [-0.3, -0.25) is 0 Å². The standard InChI is InChI=1S/C19H31N3O/c1-5-17(14-16-8-6-15(2)7-9-16)20-18-10-12-22(13-11-18)19(23)21(3)4/h6-9,17-18,20H,5,10-14H2,1-4H3/t17-/m0/s1. The maximum absolute atomic E-state index is 12.0. The van der Waals surface area contributed by atoms with Crippen molar-refractivity contribution in [3.05, 3.63) is 35.4 Å². The summed E-state index contributed by atoms with van der Waals surface area (Å²) in [6, 6.07) is 10.0. The van der Waals surface area contributed by atoms with Crippen LogP contribution in [0.4, 0.5) is 4.79 Å². The number of aryl methyl sites for hydroxylation is 1. The molecule has 2 amide bonds. The van der Waals surface area contributed by atoms with E-state index in [0.717, 1.165) is 38.8 Å². The molecule has 1 aliphatic rings. The van der Waals surface area contributed by atoms with Crippen LogP contribution < -0.4 is 5.32 Å². The zero-order valence-corrected chi connectivity index (χ0v) is 15.0. The minimum Gasteiger partial charge on any atom is -0.331 e. The van der Waals surface area contributed by atoms with Crippen LogP contribution in [0.5, 0.6) is 0 Å². The van der Waals surface area contributed by atoms with E-state index in [1.807, 2.05) is 19.0 Å². The average molecular weight is 317 g/mol. The summed E-state index contributed by atoms with van der Waals surface area (Å²) < 4.78 is 0. The van der Waals surface area contributed by atoms with Crippen molar-refractivity contribution in [2.45, 2.75) is 51.6 Å². The van der Waals surface area contributed by atoms with Gasteiger partial charge in [-0.15, -0.1) is 0 Å². The Balaban J connectivity index is 1.81. The summed E-state index contributed by atoms with van der Waals surface area (Å²) in [6.07, 6.45) is 4.30. The second-order valence-corrected chi connectivity index (χ2v) is 6.90. The molecule has 1 aliphatic heterocycles. The van der Waals surface area contributed by atoms with Crippen molar-refractivity contribution in [3.63, 3.8) is 0 Å². The number of piperidine rings is 1. The zero-order chi connectivity index (χ0) is 16.8. The number of urea groups is 1. The molecule has 0 aliphatic carbocycles. The lowest BCUT2D eigenvalue weighted by molar-refractivity contribution is 0.150. The molecule has 128 valence electrons. The fraction of sp³-hybridized carbons (Fsp3) is 0.632. The Bertz CT molecular complexity index is 490. The summed E-state index contributed by atoms with van der Waals surface area (Å²) >= 11 is 0. The first-order valence-corrected chi connectivity index (χ1v) is 8.77. The van der Waals surface area contributed by atoms with Crippen molar-refractivity contribution in [2.75, 3.05) is 27.2 Å². The highest BCUT2D eigenvalue weighted by Crippen LogP contribution is 2.15. The third-order valence-electron chi connectivity index (χ3n) is 4.71. The number of carbonyl (C=O) groups is 1. The minimum atomic E-state index is 0.134. The van der Waals surface area contributed by atoms with Crippen LogP contribution in [-0.4, -0.2) is 55.1 Å². The topological polar surface area (TPSA) is 35.6 Å². The van der Waals surface area contributed by atoms with Gasteiger partial charge in [0.05, 0.1) is 0 Å². The van der Waals surface area contributed by atoms with E-state index >= 15 is 0 Å². The molecular weight excluding hydrogens is 286 g/mol. The van der Waals surface area contributed by atoms with Gasteiger partial charge in [0.1, 0.15) is 0 Å². The molecule has 4 heteroatoms. The van der Waals surface area contributed by atoms with Gasteiger partial charge in [-0.25, -0.2) is 4.79 Å². The van der Waals surface area contributed by atoms with E-state index in [1.165, 1.54) is 11.1 Å². The summed E-state index contributed by atoms with van der Waals surface area (Å²) in [7, 11) is 3.64. The van der Waals surface area contributed by atoms with E-state index in [4.69, 9.17) is 0 Å². The quantitative estimate of drug-likeness (QED) is 0.906. The summed E-state index contributed by atoms with van der Waals surface area (Å²) in [4.78, 5) is 15.6. The summed E-state index contributed by atoms with van der Waals surface area (Å²) in [5, 5.41) is 3.81. The number of rotatable bonds is 5. The lowest BCUT2D eigenvalue weighted by Gasteiger charge is -2.35. The highest BCUT2D eigenvalue weighted by molar-refractivity contribution is 5.73. The SMILES string of the molecule is CC[C@@H](Cc1ccc(C)cc1)NC1CCN(C(=O)N(C)C)CC1. The van der Waals surface area contributed by atoms with Gasteiger partial charge in [-0.2, -0.15) is 0 Å². The predicted octanol–water partition coefficient (Wildman–Crippen LogP) is 3.05. The fourth-order valence-corrected chi connectivity index (χ4v) is 3.18. The molecule has 1 saturated heterocycles. The Labute approximate surface area is 140 Å². The third-order valence-corrected chi connectivity index (χ3v) is 4.71. The van der Waals surface area contributed by atoms with Crippen LogP contribution in [-0.2, 0) is 6.42 Å². The van der Waals surface area contributed by atoms with Crippen LogP contribution >= 0.6 is 0 Å². The van der Waals surface area contributed by atoms with Gasteiger partial charge < -0.3 is 15.1 Å². The third kappa shape index (κ3) is 5.24. The number of hydrogen-bond donors (Lipinski definition) is 1. The van der Waals surface area contributed by atoms with Gasteiger partial charge in [-0.1, -0.05) is 36.8 Å². The molecule has 1 aromatic rings. The lowest BCUT2D eigenvalue weighted by atomic mass is 9.99. The number of carbonyl (C=O) groups excluding carboxylic acids is 1. The van der Waals surface area contributed by atoms with E-state index in [-0.39, 0.29) is 6.03 Å². The predicted molar refractivity (Wildman–Crippen MR) is 95.8 cm³/mol. The molecule has 0 radical (unpaired) electrons. The second kappa shape index (κ2) is 8.34. The van der Waals surface area contributed by atoms with E-state index in [2.05, 4.69) is 43.4 Å². The molecule has 0 unspecified atom stereocenters. The summed E-state index contributed by atoms with van der Waals surface area (Å²) in [5.74, 6) is 0. The number of nitrogens with one attached hydrogen (secondary N) is 1. The first kappa shape index (κ1) is 17.8. The molecule has 1 N–H and O–H groups in total. The van der Waals surface area contributed by atoms with Gasteiger partial charge in [0, 0.05) is 39.3 Å². The highest BCUT2D eigenvalue weighted by atomic mass is 16.2. The largest absolute Gasteiger partial charge is 0.331 e. The summed E-state index contributed by atoms with van der Waals surface area (Å²) in [5.41, 5.74) is 2.71. The Hall–Kier alpha value is -1.55. The lowest BCUT2D eigenvalue weighted by Crippen LogP contribution is -2.50. The van der Waals surface area contributed by atoms with E-state index < -0.39 is 0 Å². The molecule has 4 nitrogen and oxygen atoms in total. The van der Waals surface area contributed by atoms with Gasteiger partial charge >= 0.3 is 6.03 Å². The van der Waals surface area contributed by atoms with Crippen LogP contribution in [0.1, 0.15) is 37.3 Å². The monoisotopic (exact) mass is 317 g/mol. The van der Waals surface area contributed by atoms with Crippen molar-refractivity contribution in [3.8, 4) is 0 Å². The molecule has 0 saturated carbocycles. The normalized spacial score (nSPS) is 17.1. The van der Waals surface area contributed by atoms with Crippen LogP contribution in [0.25, 0.3) is 0 Å². The molecule has 0 aromatic heterocycles. The van der Waals surface area contributed by atoms with Crippen molar-refractivity contribution in [2.24, 2.45) is 0 Å². The fourth-order valence-electron chi connectivity index (χ4n) is 3.18. The highest BCUT2D eigenvalue weighted by Gasteiger charge is 2.24. The summed E-state index contributed by atoms with van der Waals surface area (Å²) in [6.45, 7) is 6.09. The Morgan fingerprint density at radius 2 is 1.87 bits per heavy atom. The molecule has 1 atom stereocenters. The minimum absolute atomic E-state index is 0.134. The van der Waals surface area contributed by atoms with Crippen molar-refractivity contribution in [1.82, 2.24) is 15.1 Å². The Morgan fingerprint density at radius 3 is 2.39 bits per heavy atom. The number of benzene rings is 1.